The lowest BCUT2D eigenvalue weighted by molar-refractivity contribution is -0.115. The molecule has 0 unspecified atom stereocenters. The number of aromatic carboxylic acids is 1. The smallest absolute Gasteiger partial charge is 0.337 e. The van der Waals surface area contributed by atoms with Gasteiger partial charge in [0.2, 0.25) is 5.91 Å². The normalized spacial score (nSPS) is 10.2. The van der Waals surface area contributed by atoms with Gasteiger partial charge in [0.15, 0.2) is 0 Å². The number of hydrogen-bond donors (Lipinski definition) is 2. The van der Waals surface area contributed by atoms with Crippen molar-refractivity contribution in [3.05, 3.63) is 53.2 Å². The van der Waals surface area contributed by atoms with E-state index in [0.717, 1.165) is 5.03 Å². The second kappa shape index (κ2) is 7.82. The first-order chi connectivity index (χ1) is 10.6. The summed E-state index contributed by atoms with van der Waals surface area (Å²) < 4.78 is 0. The van der Waals surface area contributed by atoms with Crippen LogP contribution in [0.5, 0.6) is 0 Å². The van der Waals surface area contributed by atoms with E-state index in [1.165, 1.54) is 23.9 Å². The molecule has 0 atom stereocenters. The fraction of sp³-hybridized carbons (Fsp3) is 0.133. The first-order valence-electron chi connectivity index (χ1n) is 6.43. The van der Waals surface area contributed by atoms with Gasteiger partial charge in [0.05, 0.1) is 15.6 Å². The van der Waals surface area contributed by atoms with E-state index in [9.17, 15) is 9.59 Å². The number of amides is 1. The summed E-state index contributed by atoms with van der Waals surface area (Å²) in [6.07, 6.45) is 2.00. The molecule has 2 rings (SSSR count). The third-order valence-electron chi connectivity index (χ3n) is 2.70. The van der Waals surface area contributed by atoms with Gasteiger partial charge in [0.1, 0.15) is 0 Å². The Labute approximate surface area is 136 Å². The summed E-state index contributed by atoms with van der Waals surface area (Å²) in [5.74, 6) is -0.740. The summed E-state index contributed by atoms with van der Waals surface area (Å²) in [7, 11) is 0. The molecular formula is C15H13ClN2O3S. The molecule has 0 aliphatic carbocycles. The highest BCUT2D eigenvalue weighted by molar-refractivity contribution is 7.99. The maximum absolute atomic E-state index is 11.8. The Balaban J connectivity index is 1.87. The van der Waals surface area contributed by atoms with Crippen molar-refractivity contribution in [2.75, 3.05) is 11.1 Å². The van der Waals surface area contributed by atoms with Crippen LogP contribution in [0.4, 0.5) is 5.69 Å². The minimum absolute atomic E-state index is 0.0395. The predicted molar refractivity (Wildman–Crippen MR) is 86.6 cm³/mol. The first-order valence-corrected chi connectivity index (χ1v) is 7.79. The maximum Gasteiger partial charge on any atom is 0.337 e. The number of thioether (sulfide) groups is 1. The number of nitrogens with one attached hydrogen (secondary N) is 1. The molecule has 1 heterocycles. The van der Waals surface area contributed by atoms with Gasteiger partial charge < -0.3 is 10.4 Å². The average molecular weight is 337 g/mol. The number of halogens is 1. The average Bonchev–Trinajstić information content (AvgIpc) is 2.50. The highest BCUT2D eigenvalue weighted by Gasteiger charge is 2.11. The summed E-state index contributed by atoms with van der Waals surface area (Å²) >= 11 is 7.26. The van der Waals surface area contributed by atoms with E-state index < -0.39 is 5.97 Å². The molecule has 1 aromatic heterocycles. The summed E-state index contributed by atoms with van der Waals surface area (Å²) in [5.41, 5.74) is 0.372. The quantitative estimate of drug-likeness (QED) is 0.788. The van der Waals surface area contributed by atoms with Crippen LogP contribution in [0.25, 0.3) is 0 Å². The molecular weight excluding hydrogens is 324 g/mol. The molecule has 1 amide bonds. The molecule has 114 valence electrons. The van der Waals surface area contributed by atoms with E-state index in [4.69, 9.17) is 16.7 Å². The lowest BCUT2D eigenvalue weighted by atomic mass is 10.2. The van der Waals surface area contributed by atoms with Crippen molar-refractivity contribution in [3.63, 3.8) is 0 Å². The van der Waals surface area contributed by atoms with Crippen LogP contribution in [-0.4, -0.2) is 27.7 Å². The number of carbonyl (C=O) groups is 2. The van der Waals surface area contributed by atoms with Gasteiger partial charge in [-0.3, -0.25) is 4.79 Å². The van der Waals surface area contributed by atoms with Crippen molar-refractivity contribution in [3.8, 4) is 0 Å². The first kappa shape index (κ1) is 16.3. The molecule has 0 fully saturated rings. The van der Waals surface area contributed by atoms with Crippen LogP contribution in [0.3, 0.4) is 0 Å². The van der Waals surface area contributed by atoms with Gasteiger partial charge >= 0.3 is 5.97 Å². The van der Waals surface area contributed by atoms with Crippen LogP contribution >= 0.6 is 23.4 Å². The molecule has 2 aromatic rings. The zero-order valence-corrected chi connectivity index (χ0v) is 13.0. The molecule has 5 nitrogen and oxygen atoms in total. The Morgan fingerprint density at radius 2 is 2.09 bits per heavy atom. The second-order valence-corrected chi connectivity index (χ2v) is 5.84. The highest BCUT2D eigenvalue weighted by Crippen LogP contribution is 2.21. The topological polar surface area (TPSA) is 79.3 Å². The number of pyridine rings is 1. The second-order valence-electron chi connectivity index (χ2n) is 4.31. The molecule has 1 aromatic carbocycles. The summed E-state index contributed by atoms with van der Waals surface area (Å²) in [6.45, 7) is 0. The van der Waals surface area contributed by atoms with Crippen LogP contribution in [0.15, 0.2) is 47.6 Å². The van der Waals surface area contributed by atoms with Gasteiger partial charge in [-0.25, -0.2) is 9.78 Å². The van der Waals surface area contributed by atoms with Crippen LogP contribution in [0.2, 0.25) is 5.02 Å². The lowest BCUT2D eigenvalue weighted by Crippen LogP contribution is -2.12. The van der Waals surface area contributed by atoms with Crippen LogP contribution < -0.4 is 5.32 Å². The number of nitrogens with zero attached hydrogens (tertiary/aromatic N) is 1. The molecule has 0 saturated heterocycles. The molecule has 22 heavy (non-hydrogen) atoms. The number of carbonyl (C=O) groups excluding carboxylic acids is 1. The van der Waals surface area contributed by atoms with Crippen molar-refractivity contribution in [2.45, 2.75) is 11.4 Å². The summed E-state index contributed by atoms with van der Waals surface area (Å²) in [6, 6.07) is 9.95. The number of anilines is 1. The number of hydrogen-bond acceptors (Lipinski definition) is 4. The fourth-order valence-electron chi connectivity index (χ4n) is 1.67. The molecule has 0 radical (unpaired) electrons. The van der Waals surface area contributed by atoms with E-state index in [0.29, 0.717) is 17.9 Å². The van der Waals surface area contributed by atoms with E-state index in [2.05, 4.69) is 10.3 Å². The Morgan fingerprint density at radius 3 is 2.77 bits per heavy atom. The number of aromatic nitrogens is 1. The zero-order valence-electron chi connectivity index (χ0n) is 11.5. The van der Waals surface area contributed by atoms with Crippen molar-refractivity contribution >= 4 is 40.9 Å². The number of benzene rings is 1. The molecule has 0 saturated carbocycles. The van der Waals surface area contributed by atoms with Crippen LogP contribution in [-0.2, 0) is 4.79 Å². The monoisotopic (exact) mass is 336 g/mol. The molecule has 0 aliphatic heterocycles. The molecule has 0 spiro atoms. The number of rotatable bonds is 6. The summed E-state index contributed by atoms with van der Waals surface area (Å²) in [5, 5.41) is 12.6. The fourth-order valence-corrected chi connectivity index (χ4v) is 2.68. The minimum atomic E-state index is -1.13. The Kier molecular flexibility index (Phi) is 5.80. The van der Waals surface area contributed by atoms with Gasteiger partial charge in [-0.05, 0) is 30.3 Å². The molecule has 2 N–H and O–H groups in total. The van der Waals surface area contributed by atoms with Crippen molar-refractivity contribution < 1.29 is 14.7 Å². The van der Waals surface area contributed by atoms with Gasteiger partial charge in [-0.1, -0.05) is 17.7 Å². The van der Waals surface area contributed by atoms with Gasteiger partial charge in [-0.2, -0.15) is 0 Å². The molecule has 7 heteroatoms. The van der Waals surface area contributed by atoms with Gasteiger partial charge in [-0.15, -0.1) is 11.8 Å². The van der Waals surface area contributed by atoms with E-state index in [1.54, 1.807) is 12.3 Å². The lowest BCUT2D eigenvalue weighted by Gasteiger charge is -2.07. The Morgan fingerprint density at radius 1 is 1.27 bits per heavy atom. The predicted octanol–water partition coefficient (Wildman–Crippen LogP) is 3.55. The Bertz CT molecular complexity index is 680. The van der Waals surface area contributed by atoms with Crippen molar-refractivity contribution in [2.24, 2.45) is 0 Å². The van der Waals surface area contributed by atoms with Crippen LogP contribution in [0.1, 0.15) is 16.8 Å². The minimum Gasteiger partial charge on any atom is -0.478 e. The summed E-state index contributed by atoms with van der Waals surface area (Å²) in [4.78, 5) is 27.0. The number of carboxylic acids is 1. The van der Waals surface area contributed by atoms with Crippen LogP contribution in [0, 0.1) is 0 Å². The Hall–Kier alpha value is -2.05. The van der Waals surface area contributed by atoms with Crippen molar-refractivity contribution in [1.29, 1.82) is 0 Å². The zero-order chi connectivity index (χ0) is 15.9. The molecule has 0 bridgehead atoms. The highest BCUT2D eigenvalue weighted by atomic mass is 35.5. The van der Waals surface area contributed by atoms with Gasteiger partial charge in [0, 0.05) is 24.1 Å². The van der Waals surface area contributed by atoms with Gasteiger partial charge in [0.25, 0.3) is 0 Å². The third kappa shape index (κ3) is 4.75. The SMILES string of the molecule is O=C(CCSc1ccccn1)Nc1ccc(Cl)c(C(=O)O)c1. The van der Waals surface area contributed by atoms with E-state index in [-0.39, 0.29) is 16.5 Å². The maximum atomic E-state index is 11.8. The van der Waals surface area contributed by atoms with Crippen molar-refractivity contribution in [1.82, 2.24) is 4.98 Å². The van der Waals surface area contributed by atoms with E-state index >= 15 is 0 Å². The third-order valence-corrected chi connectivity index (χ3v) is 3.97. The number of carboxylic acid groups (broad SMARTS) is 1. The van der Waals surface area contributed by atoms with E-state index in [1.807, 2.05) is 18.2 Å². The standard InChI is InChI=1S/C15H13ClN2O3S/c16-12-5-4-10(9-11(12)15(20)21)18-13(19)6-8-22-14-3-1-2-7-17-14/h1-5,7,9H,6,8H2,(H,18,19)(H,20,21). The molecule has 0 aliphatic rings. The largest absolute Gasteiger partial charge is 0.478 e.